The standard InChI is InChI=1S/C9H8N2O3/c12-8-7-3-6(11-9(13)14)2-1-5(7)4-10-8/h1-3,11H,4H2,(H,10,12)(H,13,14). The van der Waals surface area contributed by atoms with Crippen LogP contribution in [0, 0.1) is 0 Å². The summed E-state index contributed by atoms with van der Waals surface area (Å²) in [6.45, 7) is 0.515. The molecule has 0 saturated heterocycles. The Balaban J connectivity index is 2.35. The van der Waals surface area contributed by atoms with Gasteiger partial charge in [0.2, 0.25) is 0 Å². The van der Waals surface area contributed by atoms with E-state index in [1.165, 1.54) is 6.07 Å². The Labute approximate surface area is 79.7 Å². The van der Waals surface area contributed by atoms with Crippen LogP contribution < -0.4 is 10.6 Å². The first-order valence-electron chi connectivity index (χ1n) is 4.08. The number of nitrogens with one attached hydrogen (secondary N) is 2. The summed E-state index contributed by atoms with van der Waals surface area (Å²) in [4.78, 5) is 21.6. The van der Waals surface area contributed by atoms with Crippen LogP contribution in [0.2, 0.25) is 0 Å². The van der Waals surface area contributed by atoms with Crippen molar-refractivity contribution in [3.05, 3.63) is 29.3 Å². The smallest absolute Gasteiger partial charge is 0.409 e. The van der Waals surface area contributed by atoms with Crippen LogP contribution in [0.15, 0.2) is 18.2 Å². The van der Waals surface area contributed by atoms with Gasteiger partial charge in [0, 0.05) is 17.8 Å². The lowest BCUT2D eigenvalue weighted by atomic mass is 10.1. The number of carbonyl (C=O) groups is 2. The molecule has 5 heteroatoms. The minimum Gasteiger partial charge on any atom is -0.465 e. The largest absolute Gasteiger partial charge is 0.465 e. The molecular formula is C9H8N2O3. The molecule has 0 aliphatic carbocycles. The topological polar surface area (TPSA) is 78.4 Å². The summed E-state index contributed by atoms with van der Waals surface area (Å²) in [7, 11) is 0. The number of anilines is 1. The van der Waals surface area contributed by atoms with E-state index in [9.17, 15) is 9.59 Å². The molecule has 0 fully saturated rings. The molecule has 0 radical (unpaired) electrons. The zero-order valence-electron chi connectivity index (χ0n) is 7.20. The normalized spacial score (nSPS) is 13.3. The third-order valence-corrected chi connectivity index (χ3v) is 2.05. The average molecular weight is 192 g/mol. The van der Waals surface area contributed by atoms with Gasteiger partial charge in [0.1, 0.15) is 0 Å². The highest BCUT2D eigenvalue weighted by Crippen LogP contribution is 2.19. The molecule has 0 spiro atoms. The van der Waals surface area contributed by atoms with E-state index < -0.39 is 6.09 Å². The van der Waals surface area contributed by atoms with E-state index in [-0.39, 0.29) is 5.91 Å². The van der Waals surface area contributed by atoms with Gasteiger partial charge in [-0.1, -0.05) is 6.07 Å². The first-order valence-corrected chi connectivity index (χ1v) is 4.08. The predicted octanol–water partition coefficient (Wildman–Crippen LogP) is 1.02. The lowest BCUT2D eigenvalue weighted by molar-refractivity contribution is 0.0965. The fourth-order valence-electron chi connectivity index (χ4n) is 1.41. The number of hydrogen-bond acceptors (Lipinski definition) is 2. The average Bonchev–Trinajstić information content (AvgIpc) is 2.47. The number of rotatable bonds is 1. The maximum absolute atomic E-state index is 11.2. The van der Waals surface area contributed by atoms with Gasteiger partial charge in [0.15, 0.2) is 0 Å². The van der Waals surface area contributed by atoms with Crippen LogP contribution in [0.5, 0.6) is 0 Å². The Morgan fingerprint density at radius 1 is 1.50 bits per heavy atom. The fourth-order valence-corrected chi connectivity index (χ4v) is 1.41. The summed E-state index contributed by atoms with van der Waals surface area (Å²) in [6, 6.07) is 4.90. The van der Waals surface area contributed by atoms with Crippen molar-refractivity contribution in [1.82, 2.24) is 5.32 Å². The Morgan fingerprint density at radius 3 is 3.00 bits per heavy atom. The summed E-state index contributed by atoms with van der Waals surface area (Å²) < 4.78 is 0. The van der Waals surface area contributed by atoms with Crippen LogP contribution in [0.4, 0.5) is 10.5 Å². The summed E-state index contributed by atoms with van der Waals surface area (Å²) in [5.74, 6) is -0.158. The number of hydrogen-bond donors (Lipinski definition) is 3. The second-order valence-corrected chi connectivity index (χ2v) is 2.98. The van der Waals surface area contributed by atoms with Gasteiger partial charge in [-0.2, -0.15) is 0 Å². The number of carboxylic acid groups (broad SMARTS) is 1. The first kappa shape index (κ1) is 8.55. The van der Waals surface area contributed by atoms with Gasteiger partial charge in [-0.05, 0) is 17.7 Å². The van der Waals surface area contributed by atoms with Crippen molar-refractivity contribution in [2.24, 2.45) is 0 Å². The highest BCUT2D eigenvalue weighted by Gasteiger charge is 2.18. The second kappa shape index (κ2) is 3.02. The maximum atomic E-state index is 11.2. The van der Waals surface area contributed by atoms with Crippen molar-refractivity contribution in [3.63, 3.8) is 0 Å². The zero-order valence-corrected chi connectivity index (χ0v) is 7.20. The fraction of sp³-hybridized carbons (Fsp3) is 0.111. The van der Waals surface area contributed by atoms with Crippen molar-refractivity contribution >= 4 is 17.7 Å². The highest BCUT2D eigenvalue weighted by atomic mass is 16.4. The van der Waals surface area contributed by atoms with E-state index >= 15 is 0 Å². The molecule has 3 N–H and O–H groups in total. The van der Waals surface area contributed by atoms with Crippen LogP contribution >= 0.6 is 0 Å². The molecular weight excluding hydrogens is 184 g/mol. The van der Waals surface area contributed by atoms with Gasteiger partial charge in [-0.25, -0.2) is 4.79 Å². The van der Waals surface area contributed by atoms with Crippen LogP contribution in [0.1, 0.15) is 15.9 Å². The monoisotopic (exact) mass is 192 g/mol. The molecule has 5 nitrogen and oxygen atoms in total. The zero-order chi connectivity index (χ0) is 10.1. The number of amides is 2. The molecule has 0 unspecified atom stereocenters. The maximum Gasteiger partial charge on any atom is 0.409 e. The summed E-state index contributed by atoms with van der Waals surface area (Å²) in [6.07, 6.45) is -1.14. The Morgan fingerprint density at radius 2 is 2.29 bits per heavy atom. The Bertz CT molecular complexity index is 415. The third-order valence-electron chi connectivity index (χ3n) is 2.05. The van der Waals surface area contributed by atoms with E-state index in [1.54, 1.807) is 12.1 Å². The molecule has 72 valence electrons. The van der Waals surface area contributed by atoms with Gasteiger partial charge in [0.25, 0.3) is 5.91 Å². The molecule has 1 aromatic rings. The predicted molar refractivity (Wildman–Crippen MR) is 49.3 cm³/mol. The molecule has 2 rings (SSSR count). The lowest BCUT2D eigenvalue weighted by Crippen LogP contribution is -2.12. The Kier molecular flexibility index (Phi) is 1.85. The van der Waals surface area contributed by atoms with E-state index in [0.29, 0.717) is 17.8 Å². The van der Waals surface area contributed by atoms with Crippen LogP contribution in [-0.2, 0) is 6.54 Å². The van der Waals surface area contributed by atoms with Crippen molar-refractivity contribution in [3.8, 4) is 0 Å². The molecule has 2 amide bonds. The lowest BCUT2D eigenvalue weighted by Gasteiger charge is -2.01. The Hall–Kier alpha value is -2.04. The van der Waals surface area contributed by atoms with E-state index in [4.69, 9.17) is 5.11 Å². The SMILES string of the molecule is O=C(O)Nc1ccc2c(c1)C(=O)NC2. The molecule has 0 saturated carbocycles. The van der Waals surface area contributed by atoms with Crippen molar-refractivity contribution in [1.29, 1.82) is 0 Å². The summed E-state index contributed by atoms with van der Waals surface area (Å²) in [5.41, 5.74) is 1.84. The van der Waals surface area contributed by atoms with E-state index in [2.05, 4.69) is 10.6 Å². The van der Waals surface area contributed by atoms with Gasteiger partial charge in [-0.15, -0.1) is 0 Å². The minimum atomic E-state index is -1.14. The highest BCUT2D eigenvalue weighted by molar-refractivity contribution is 5.99. The molecule has 1 aliphatic rings. The van der Waals surface area contributed by atoms with Crippen molar-refractivity contribution in [2.45, 2.75) is 6.54 Å². The van der Waals surface area contributed by atoms with E-state index in [1.807, 2.05) is 0 Å². The molecule has 1 heterocycles. The third kappa shape index (κ3) is 1.39. The minimum absolute atomic E-state index is 0.158. The van der Waals surface area contributed by atoms with Crippen LogP contribution in [-0.4, -0.2) is 17.1 Å². The van der Waals surface area contributed by atoms with Gasteiger partial charge < -0.3 is 10.4 Å². The number of carbonyl (C=O) groups excluding carboxylic acids is 1. The van der Waals surface area contributed by atoms with Gasteiger partial charge >= 0.3 is 6.09 Å². The molecule has 14 heavy (non-hydrogen) atoms. The molecule has 0 atom stereocenters. The summed E-state index contributed by atoms with van der Waals surface area (Å²) >= 11 is 0. The van der Waals surface area contributed by atoms with Gasteiger partial charge in [-0.3, -0.25) is 10.1 Å². The number of benzene rings is 1. The first-order chi connectivity index (χ1) is 6.66. The molecule has 1 aromatic carbocycles. The van der Waals surface area contributed by atoms with Gasteiger partial charge in [0.05, 0.1) is 0 Å². The molecule has 1 aliphatic heterocycles. The quantitative estimate of drug-likeness (QED) is 0.621. The van der Waals surface area contributed by atoms with Crippen LogP contribution in [0.25, 0.3) is 0 Å². The van der Waals surface area contributed by atoms with E-state index in [0.717, 1.165) is 5.56 Å². The second-order valence-electron chi connectivity index (χ2n) is 2.98. The summed E-state index contributed by atoms with van der Waals surface area (Å²) in [5, 5.41) is 13.3. The molecule has 0 bridgehead atoms. The van der Waals surface area contributed by atoms with Crippen LogP contribution in [0.3, 0.4) is 0 Å². The molecule has 0 aromatic heterocycles. The number of fused-ring (bicyclic) bond motifs is 1. The van der Waals surface area contributed by atoms with Crippen molar-refractivity contribution in [2.75, 3.05) is 5.32 Å². The van der Waals surface area contributed by atoms with Crippen molar-refractivity contribution < 1.29 is 14.7 Å².